The summed E-state index contributed by atoms with van der Waals surface area (Å²) < 4.78 is 0. The van der Waals surface area contributed by atoms with Crippen LogP contribution in [-0.4, -0.2) is 29.6 Å². The molecule has 0 amide bonds. The average molecular weight is 233 g/mol. The van der Waals surface area contributed by atoms with Gasteiger partial charge in [-0.15, -0.1) is 6.58 Å². The smallest absolute Gasteiger partial charge is 0.335 e. The van der Waals surface area contributed by atoms with Gasteiger partial charge in [0, 0.05) is 6.54 Å². The second kappa shape index (κ2) is 6.86. The summed E-state index contributed by atoms with van der Waals surface area (Å²) >= 11 is 0. The fraction of sp³-hybridized carbons (Fsp3) is 0.357. The Morgan fingerprint density at radius 1 is 1.41 bits per heavy atom. The van der Waals surface area contributed by atoms with Gasteiger partial charge in [-0.05, 0) is 44.1 Å². The maximum Gasteiger partial charge on any atom is 0.335 e. The van der Waals surface area contributed by atoms with Crippen molar-refractivity contribution in [2.75, 3.05) is 13.6 Å². The van der Waals surface area contributed by atoms with E-state index in [0.717, 1.165) is 31.5 Å². The number of carbonyl (C=O) groups is 1. The van der Waals surface area contributed by atoms with E-state index >= 15 is 0 Å². The molecule has 0 unspecified atom stereocenters. The fourth-order valence-corrected chi connectivity index (χ4v) is 1.65. The van der Waals surface area contributed by atoms with E-state index in [-0.39, 0.29) is 0 Å². The van der Waals surface area contributed by atoms with E-state index in [9.17, 15) is 4.79 Å². The molecule has 0 aliphatic rings. The zero-order valence-corrected chi connectivity index (χ0v) is 10.2. The van der Waals surface area contributed by atoms with Gasteiger partial charge >= 0.3 is 5.97 Å². The summed E-state index contributed by atoms with van der Waals surface area (Å²) in [6, 6.07) is 7.03. The molecule has 17 heavy (non-hydrogen) atoms. The highest BCUT2D eigenvalue weighted by molar-refractivity contribution is 5.87. The zero-order chi connectivity index (χ0) is 12.7. The molecule has 3 nitrogen and oxygen atoms in total. The summed E-state index contributed by atoms with van der Waals surface area (Å²) in [5, 5.41) is 8.78. The molecule has 0 fully saturated rings. The normalized spacial score (nSPS) is 10.5. The standard InChI is InChI=1S/C14H19NO2/c1-3-4-5-10-15(2)11-12-6-8-13(9-7-12)14(16)17/h3,6-9H,1,4-5,10-11H2,2H3,(H,16,17). The van der Waals surface area contributed by atoms with E-state index < -0.39 is 5.97 Å². The van der Waals surface area contributed by atoms with Gasteiger partial charge in [0.15, 0.2) is 0 Å². The highest BCUT2D eigenvalue weighted by Gasteiger charge is 2.03. The van der Waals surface area contributed by atoms with Gasteiger partial charge in [0.2, 0.25) is 0 Å². The Kier molecular flexibility index (Phi) is 5.43. The zero-order valence-electron chi connectivity index (χ0n) is 10.2. The first-order valence-electron chi connectivity index (χ1n) is 5.75. The van der Waals surface area contributed by atoms with Crippen molar-refractivity contribution in [1.82, 2.24) is 4.90 Å². The maximum atomic E-state index is 10.7. The van der Waals surface area contributed by atoms with Crippen LogP contribution in [0.15, 0.2) is 36.9 Å². The molecule has 0 bridgehead atoms. The number of hydrogen-bond donors (Lipinski definition) is 1. The Morgan fingerprint density at radius 2 is 2.06 bits per heavy atom. The first-order chi connectivity index (χ1) is 8.13. The molecule has 3 heteroatoms. The molecule has 0 heterocycles. The van der Waals surface area contributed by atoms with Crippen LogP contribution in [0.5, 0.6) is 0 Å². The largest absolute Gasteiger partial charge is 0.478 e. The van der Waals surface area contributed by atoms with Crippen molar-refractivity contribution in [3.63, 3.8) is 0 Å². The molecule has 1 aromatic rings. The summed E-state index contributed by atoms with van der Waals surface area (Å²) in [5.41, 5.74) is 1.47. The number of benzene rings is 1. The molecule has 0 aromatic heterocycles. The summed E-state index contributed by atoms with van der Waals surface area (Å²) in [7, 11) is 2.06. The van der Waals surface area contributed by atoms with Crippen LogP contribution >= 0.6 is 0 Å². The Balaban J connectivity index is 2.45. The molecule has 1 aromatic carbocycles. The lowest BCUT2D eigenvalue weighted by Crippen LogP contribution is -2.18. The third-order valence-electron chi connectivity index (χ3n) is 2.60. The first-order valence-corrected chi connectivity index (χ1v) is 5.75. The molecule has 92 valence electrons. The molecule has 0 radical (unpaired) electrons. The molecule has 0 atom stereocenters. The number of rotatable bonds is 7. The number of carboxylic acid groups (broad SMARTS) is 1. The van der Waals surface area contributed by atoms with Crippen molar-refractivity contribution in [3.8, 4) is 0 Å². The monoisotopic (exact) mass is 233 g/mol. The summed E-state index contributed by atoms with van der Waals surface area (Å²) in [5.74, 6) is -0.879. The van der Waals surface area contributed by atoms with Gasteiger partial charge in [0.25, 0.3) is 0 Å². The molecule has 0 saturated heterocycles. The molecule has 1 rings (SSSR count). The van der Waals surface area contributed by atoms with E-state index in [2.05, 4.69) is 18.5 Å². The number of nitrogens with zero attached hydrogens (tertiary/aromatic N) is 1. The highest BCUT2D eigenvalue weighted by Crippen LogP contribution is 2.07. The number of unbranched alkanes of at least 4 members (excludes halogenated alkanes) is 1. The molecule has 1 N–H and O–H groups in total. The van der Waals surface area contributed by atoms with Crippen LogP contribution in [0, 0.1) is 0 Å². The predicted octanol–water partition coefficient (Wildman–Crippen LogP) is 2.78. The minimum absolute atomic E-state index is 0.336. The summed E-state index contributed by atoms with van der Waals surface area (Å²) in [4.78, 5) is 12.9. The van der Waals surface area contributed by atoms with Crippen LogP contribution in [0.2, 0.25) is 0 Å². The van der Waals surface area contributed by atoms with Gasteiger partial charge in [0.05, 0.1) is 5.56 Å². The molecule has 0 spiro atoms. The lowest BCUT2D eigenvalue weighted by molar-refractivity contribution is 0.0697. The fourth-order valence-electron chi connectivity index (χ4n) is 1.65. The van der Waals surface area contributed by atoms with Gasteiger partial charge in [-0.2, -0.15) is 0 Å². The molecule has 0 aliphatic heterocycles. The average Bonchev–Trinajstić information content (AvgIpc) is 2.30. The van der Waals surface area contributed by atoms with Gasteiger partial charge in [-0.3, -0.25) is 0 Å². The third-order valence-corrected chi connectivity index (χ3v) is 2.60. The first kappa shape index (κ1) is 13.5. The lowest BCUT2D eigenvalue weighted by atomic mass is 10.1. The Morgan fingerprint density at radius 3 is 2.59 bits per heavy atom. The molecule has 0 saturated carbocycles. The van der Waals surface area contributed by atoms with Crippen LogP contribution in [0.1, 0.15) is 28.8 Å². The third kappa shape index (κ3) is 4.83. The van der Waals surface area contributed by atoms with Gasteiger partial charge in [0.1, 0.15) is 0 Å². The predicted molar refractivity (Wildman–Crippen MR) is 69.2 cm³/mol. The van der Waals surface area contributed by atoms with E-state index in [0.29, 0.717) is 5.56 Å². The van der Waals surface area contributed by atoms with Gasteiger partial charge < -0.3 is 10.0 Å². The minimum Gasteiger partial charge on any atom is -0.478 e. The highest BCUT2D eigenvalue weighted by atomic mass is 16.4. The number of carboxylic acids is 1. The van der Waals surface area contributed by atoms with Crippen LogP contribution < -0.4 is 0 Å². The van der Waals surface area contributed by atoms with Crippen molar-refractivity contribution in [2.24, 2.45) is 0 Å². The SMILES string of the molecule is C=CCCCN(C)Cc1ccc(C(=O)O)cc1. The topological polar surface area (TPSA) is 40.5 Å². The number of aromatic carboxylic acids is 1. The molecular formula is C14H19NO2. The van der Waals surface area contributed by atoms with Crippen molar-refractivity contribution in [2.45, 2.75) is 19.4 Å². The van der Waals surface area contributed by atoms with Crippen LogP contribution in [0.25, 0.3) is 0 Å². The molecular weight excluding hydrogens is 214 g/mol. The molecule has 0 aliphatic carbocycles. The van der Waals surface area contributed by atoms with Crippen molar-refractivity contribution in [3.05, 3.63) is 48.0 Å². The van der Waals surface area contributed by atoms with E-state index in [1.54, 1.807) is 12.1 Å². The Hall–Kier alpha value is -1.61. The minimum atomic E-state index is -0.879. The van der Waals surface area contributed by atoms with Crippen molar-refractivity contribution < 1.29 is 9.90 Å². The number of allylic oxidation sites excluding steroid dienone is 1. The summed E-state index contributed by atoms with van der Waals surface area (Å²) in [6.07, 6.45) is 4.06. The quantitative estimate of drug-likeness (QED) is 0.581. The lowest BCUT2D eigenvalue weighted by Gasteiger charge is -2.16. The van der Waals surface area contributed by atoms with Crippen molar-refractivity contribution >= 4 is 5.97 Å². The van der Waals surface area contributed by atoms with E-state index in [1.807, 2.05) is 18.2 Å². The second-order valence-corrected chi connectivity index (χ2v) is 4.17. The summed E-state index contributed by atoms with van der Waals surface area (Å²) in [6.45, 7) is 5.56. The van der Waals surface area contributed by atoms with E-state index in [1.165, 1.54) is 0 Å². The van der Waals surface area contributed by atoms with Crippen molar-refractivity contribution in [1.29, 1.82) is 0 Å². The Labute approximate surface area is 102 Å². The second-order valence-electron chi connectivity index (χ2n) is 4.17. The van der Waals surface area contributed by atoms with Crippen LogP contribution in [0.3, 0.4) is 0 Å². The van der Waals surface area contributed by atoms with E-state index in [4.69, 9.17) is 5.11 Å². The van der Waals surface area contributed by atoms with Crippen LogP contribution in [-0.2, 0) is 6.54 Å². The number of hydrogen-bond acceptors (Lipinski definition) is 2. The Bertz CT molecular complexity index is 370. The van der Waals surface area contributed by atoms with Gasteiger partial charge in [-0.25, -0.2) is 4.79 Å². The maximum absolute atomic E-state index is 10.7. The van der Waals surface area contributed by atoms with Gasteiger partial charge in [-0.1, -0.05) is 18.2 Å². The van der Waals surface area contributed by atoms with Crippen LogP contribution in [0.4, 0.5) is 0 Å².